The van der Waals surface area contributed by atoms with Crippen molar-refractivity contribution in [2.45, 2.75) is 12.8 Å². The number of amides is 1. The highest BCUT2D eigenvalue weighted by Crippen LogP contribution is 2.28. The molecule has 9 heteroatoms. The average molecular weight is 283 g/mol. The van der Waals surface area contributed by atoms with E-state index in [0.29, 0.717) is 5.69 Å². The minimum atomic E-state index is -1.08. The van der Waals surface area contributed by atoms with Crippen molar-refractivity contribution in [1.29, 1.82) is 0 Å². The number of nitro benzene ring substituents is 1. The van der Waals surface area contributed by atoms with Gasteiger partial charge in [-0.1, -0.05) is 0 Å². The van der Waals surface area contributed by atoms with E-state index in [2.05, 4.69) is 10.9 Å². The molecule has 0 aliphatic rings. The molecule has 0 aromatic heterocycles. The number of carboxylic acids is 1. The zero-order valence-corrected chi connectivity index (χ0v) is 10.6. The Morgan fingerprint density at radius 3 is 2.65 bits per heavy atom. The van der Waals surface area contributed by atoms with Crippen LogP contribution in [-0.4, -0.2) is 29.0 Å². The molecule has 0 radical (unpaired) electrons. The molecule has 1 aromatic rings. The predicted octanol–water partition coefficient (Wildman–Crippen LogP) is 0.911. The summed E-state index contributed by atoms with van der Waals surface area (Å²) in [6.45, 7) is 0. The summed E-state index contributed by atoms with van der Waals surface area (Å²) in [5.41, 5.74) is 4.96. The number of methoxy groups -OCH3 is 1. The van der Waals surface area contributed by atoms with Crippen LogP contribution in [0.5, 0.6) is 5.75 Å². The zero-order valence-electron chi connectivity index (χ0n) is 10.6. The molecule has 0 aliphatic carbocycles. The minimum absolute atomic E-state index is 0.149. The van der Waals surface area contributed by atoms with Crippen LogP contribution in [0.2, 0.25) is 0 Å². The van der Waals surface area contributed by atoms with Gasteiger partial charge in [0, 0.05) is 12.5 Å². The summed E-state index contributed by atoms with van der Waals surface area (Å²) in [7, 11) is 1.33. The van der Waals surface area contributed by atoms with Gasteiger partial charge < -0.3 is 9.84 Å². The molecule has 0 bridgehead atoms. The first-order chi connectivity index (χ1) is 9.43. The van der Waals surface area contributed by atoms with E-state index in [1.165, 1.54) is 25.3 Å². The number of hydrazine groups is 1. The molecule has 1 aromatic carbocycles. The molecule has 0 saturated carbocycles. The fourth-order valence-electron chi connectivity index (χ4n) is 1.32. The largest absolute Gasteiger partial charge is 0.494 e. The Labute approximate surface area is 113 Å². The molecule has 20 heavy (non-hydrogen) atoms. The highest BCUT2D eigenvalue weighted by molar-refractivity contribution is 5.81. The van der Waals surface area contributed by atoms with Gasteiger partial charge in [-0.15, -0.1) is 0 Å². The molecule has 0 unspecified atom stereocenters. The van der Waals surface area contributed by atoms with Crippen LogP contribution in [0.25, 0.3) is 0 Å². The standard InChI is InChI=1S/C11H13N3O6/c1-20-9-6-7(14(18)19)2-3-8(9)12-13-10(15)4-5-11(16)17/h2-3,6,12H,4-5H2,1H3,(H,13,15)(H,16,17). The highest BCUT2D eigenvalue weighted by Gasteiger charge is 2.12. The number of hydrogen-bond acceptors (Lipinski definition) is 6. The Balaban J connectivity index is 2.66. The summed E-state index contributed by atoms with van der Waals surface area (Å²) < 4.78 is 4.95. The van der Waals surface area contributed by atoms with Crippen LogP contribution >= 0.6 is 0 Å². The summed E-state index contributed by atoms with van der Waals surface area (Å²) in [6.07, 6.45) is -0.470. The van der Waals surface area contributed by atoms with Crippen LogP contribution in [-0.2, 0) is 9.59 Å². The quantitative estimate of drug-likeness (QED) is 0.500. The van der Waals surface area contributed by atoms with Crippen molar-refractivity contribution in [1.82, 2.24) is 5.43 Å². The molecule has 1 amide bonds. The van der Waals surface area contributed by atoms with E-state index in [-0.39, 0.29) is 24.3 Å². The third kappa shape index (κ3) is 4.44. The lowest BCUT2D eigenvalue weighted by Crippen LogP contribution is -2.29. The Bertz CT molecular complexity index is 531. The molecular formula is C11H13N3O6. The van der Waals surface area contributed by atoms with Crippen LogP contribution < -0.4 is 15.6 Å². The van der Waals surface area contributed by atoms with Crippen LogP contribution in [0.1, 0.15) is 12.8 Å². The number of anilines is 1. The number of aliphatic carboxylic acids is 1. The van der Waals surface area contributed by atoms with Crippen molar-refractivity contribution < 1.29 is 24.4 Å². The topological polar surface area (TPSA) is 131 Å². The number of carbonyl (C=O) groups is 2. The maximum atomic E-state index is 11.3. The van der Waals surface area contributed by atoms with Crippen molar-refractivity contribution >= 4 is 23.3 Å². The minimum Gasteiger partial charge on any atom is -0.494 e. The number of rotatable bonds is 7. The van der Waals surface area contributed by atoms with Gasteiger partial charge in [0.25, 0.3) is 5.69 Å². The highest BCUT2D eigenvalue weighted by atomic mass is 16.6. The molecule has 9 nitrogen and oxygen atoms in total. The van der Waals surface area contributed by atoms with Gasteiger partial charge >= 0.3 is 5.97 Å². The second-order valence-electron chi connectivity index (χ2n) is 3.71. The van der Waals surface area contributed by atoms with Crippen molar-refractivity contribution in [3.05, 3.63) is 28.3 Å². The third-order valence-corrected chi connectivity index (χ3v) is 2.30. The van der Waals surface area contributed by atoms with Crippen molar-refractivity contribution in [3.63, 3.8) is 0 Å². The Morgan fingerprint density at radius 2 is 2.10 bits per heavy atom. The monoisotopic (exact) mass is 283 g/mol. The van der Waals surface area contributed by atoms with Crippen molar-refractivity contribution in [2.75, 3.05) is 12.5 Å². The average Bonchev–Trinajstić information content (AvgIpc) is 2.42. The van der Waals surface area contributed by atoms with Crippen LogP contribution in [0.3, 0.4) is 0 Å². The number of non-ortho nitro benzene ring substituents is 1. The van der Waals surface area contributed by atoms with E-state index in [1.54, 1.807) is 0 Å². The maximum Gasteiger partial charge on any atom is 0.303 e. The Kier molecular flexibility index (Phi) is 5.27. The number of nitro groups is 1. The van der Waals surface area contributed by atoms with E-state index < -0.39 is 16.8 Å². The summed E-state index contributed by atoms with van der Waals surface area (Å²) in [5.74, 6) is -1.42. The normalized spacial score (nSPS) is 9.65. The van der Waals surface area contributed by atoms with Gasteiger partial charge in [-0.3, -0.25) is 30.6 Å². The van der Waals surface area contributed by atoms with E-state index in [4.69, 9.17) is 9.84 Å². The van der Waals surface area contributed by atoms with E-state index in [9.17, 15) is 19.7 Å². The van der Waals surface area contributed by atoms with Gasteiger partial charge in [-0.2, -0.15) is 0 Å². The second-order valence-corrected chi connectivity index (χ2v) is 3.71. The number of nitrogens with zero attached hydrogens (tertiary/aromatic N) is 1. The van der Waals surface area contributed by atoms with E-state index in [1.807, 2.05) is 0 Å². The smallest absolute Gasteiger partial charge is 0.303 e. The molecule has 3 N–H and O–H groups in total. The number of hydrogen-bond donors (Lipinski definition) is 3. The van der Waals surface area contributed by atoms with Gasteiger partial charge in [-0.05, 0) is 6.07 Å². The Morgan fingerprint density at radius 1 is 1.40 bits per heavy atom. The van der Waals surface area contributed by atoms with Crippen LogP contribution in [0, 0.1) is 10.1 Å². The summed E-state index contributed by atoms with van der Waals surface area (Å²) >= 11 is 0. The van der Waals surface area contributed by atoms with Gasteiger partial charge in [0.2, 0.25) is 5.91 Å². The summed E-state index contributed by atoms with van der Waals surface area (Å²) in [5, 5.41) is 19.0. The zero-order chi connectivity index (χ0) is 15.1. The Hall–Kier alpha value is -2.84. The SMILES string of the molecule is COc1cc([N+](=O)[O-])ccc1NNC(=O)CCC(=O)O. The first kappa shape index (κ1) is 15.2. The van der Waals surface area contributed by atoms with Gasteiger partial charge in [0.15, 0.2) is 5.75 Å². The number of carboxylic acid groups (broad SMARTS) is 1. The third-order valence-electron chi connectivity index (χ3n) is 2.30. The first-order valence-electron chi connectivity index (χ1n) is 5.53. The molecule has 1 rings (SSSR count). The molecule has 0 fully saturated rings. The molecule has 0 atom stereocenters. The van der Waals surface area contributed by atoms with Crippen LogP contribution in [0.15, 0.2) is 18.2 Å². The lowest BCUT2D eigenvalue weighted by molar-refractivity contribution is -0.384. The molecule has 0 heterocycles. The fourth-order valence-corrected chi connectivity index (χ4v) is 1.32. The summed E-state index contributed by atoms with van der Waals surface area (Å²) in [4.78, 5) is 31.6. The molecule has 0 aliphatic heterocycles. The van der Waals surface area contributed by atoms with Gasteiger partial charge in [0.05, 0.1) is 30.2 Å². The predicted molar refractivity (Wildman–Crippen MR) is 68.3 cm³/mol. The molecular weight excluding hydrogens is 270 g/mol. The first-order valence-corrected chi connectivity index (χ1v) is 5.53. The molecule has 108 valence electrons. The number of nitrogens with one attached hydrogen (secondary N) is 2. The lowest BCUT2D eigenvalue weighted by atomic mass is 10.2. The van der Waals surface area contributed by atoms with Crippen molar-refractivity contribution in [3.8, 4) is 5.75 Å². The summed E-state index contributed by atoms with van der Waals surface area (Å²) in [6, 6.07) is 3.81. The maximum absolute atomic E-state index is 11.3. The fraction of sp³-hybridized carbons (Fsp3) is 0.273. The van der Waals surface area contributed by atoms with Crippen LogP contribution in [0.4, 0.5) is 11.4 Å². The molecule has 0 saturated heterocycles. The van der Waals surface area contributed by atoms with Gasteiger partial charge in [-0.25, -0.2) is 0 Å². The number of carbonyl (C=O) groups excluding carboxylic acids is 1. The van der Waals surface area contributed by atoms with Gasteiger partial charge in [0.1, 0.15) is 0 Å². The second kappa shape index (κ2) is 6.92. The number of ether oxygens (including phenoxy) is 1. The van der Waals surface area contributed by atoms with Crippen molar-refractivity contribution in [2.24, 2.45) is 0 Å². The van der Waals surface area contributed by atoms with E-state index >= 15 is 0 Å². The number of benzene rings is 1. The van der Waals surface area contributed by atoms with E-state index in [0.717, 1.165) is 0 Å². The molecule has 0 spiro atoms. The lowest BCUT2D eigenvalue weighted by Gasteiger charge is -2.11.